The molecule has 9 heteroatoms. The molecule has 0 aromatic carbocycles. The Bertz CT molecular complexity index is 567. The summed E-state index contributed by atoms with van der Waals surface area (Å²) in [6.45, 7) is 1.33. The van der Waals surface area contributed by atoms with Crippen LogP contribution in [0.3, 0.4) is 0 Å². The standard InChI is InChI=1S/C10H17N5O3S/c1-13-9(8(11)7-12-13)10(16)14-3-5-15(6-4-14)19(2,17)18/h7H,3-6,11H2,1-2H3. The van der Waals surface area contributed by atoms with E-state index in [-0.39, 0.29) is 5.91 Å². The number of sulfonamides is 1. The van der Waals surface area contributed by atoms with Gasteiger partial charge in [-0.1, -0.05) is 0 Å². The van der Waals surface area contributed by atoms with Gasteiger partial charge >= 0.3 is 0 Å². The molecule has 1 aliphatic heterocycles. The van der Waals surface area contributed by atoms with Gasteiger partial charge < -0.3 is 10.6 Å². The van der Waals surface area contributed by atoms with Crippen molar-refractivity contribution < 1.29 is 13.2 Å². The zero-order valence-corrected chi connectivity index (χ0v) is 11.7. The SMILES string of the molecule is Cn1ncc(N)c1C(=O)N1CCN(S(C)(=O)=O)CC1. The number of rotatable bonds is 2. The van der Waals surface area contributed by atoms with Gasteiger partial charge in [0.2, 0.25) is 10.0 Å². The lowest BCUT2D eigenvalue weighted by molar-refractivity contribution is 0.0688. The van der Waals surface area contributed by atoms with E-state index in [1.165, 1.54) is 21.4 Å². The van der Waals surface area contributed by atoms with Crippen LogP contribution >= 0.6 is 0 Å². The molecular weight excluding hydrogens is 270 g/mol. The van der Waals surface area contributed by atoms with Crippen LogP contribution in [0, 0.1) is 0 Å². The van der Waals surface area contributed by atoms with Crippen LogP contribution in [0.15, 0.2) is 6.20 Å². The average molecular weight is 287 g/mol. The Hall–Kier alpha value is -1.61. The van der Waals surface area contributed by atoms with Crippen molar-refractivity contribution in [2.45, 2.75) is 0 Å². The van der Waals surface area contributed by atoms with Gasteiger partial charge in [0.05, 0.1) is 18.1 Å². The number of nitrogens with zero attached hydrogens (tertiary/aromatic N) is 4. The summed E-state index contributed by atoms with van der Waals surface area (Å²) >= 11 is 0. The highest BCUT2D eigenvalue weighted by Crippen LogP contribution is 2.15. The molecule has 1 aromatic heterocycles. The molecule has 2 N–H and O–H groups in total. The van der Waals surface area contributed by atoms with Gasteiger partial charge in [0.15, 0.2) is 0 Å². The van der Waals surface area contributed by atoms with Crippen molar-refractivity contribution in [2.24, 2.45) is 7.05 Å². The van der Waals surface area contributed by atoms with Gasteiger partial charge in [-0.15, -0.1) is 0 Å². The molecule has 0 radical (unpaired) electrons. The van der Waals surface area contributed by atoms with Gasteiger partial charge in [0, 0.05) is 33.2 Å². The quantitative estimate of drug-likeness (QED) is 0.730. The van der Waals surface area contributed by atoms with Crippen LogP contribution in [0.2, 0.25) is 0 Å². The molecular formula is C10H17N5O3S. The molecule has 0 saturated carbocycles. The monoisotopic (exact) mass is 287 g/mol. The van der Waals surface area contributed by atoms with Crippen LogP contribution in [0.5, 0.6) is 0 Å². The number of carbonyl (C=O) groups is 1. The van der Waals surface area contributed by atoms with Gasteiger partial charge in [-0.3, -0.25) is 9.48 Å². The largest absolute Gasteiger partial charge is 0.396 e. The van der Waals surface area contributed by atoms with Gasteiger partial charge in [-0.05, 0) is 0 Å². The van der Waals surface area contributed by atoms with Crippen molar-refractivity contribution in [3.63, 3.8) is 0 Å². The highest BCUT2D eigenvalue weighted by molar-refractivity contribution is 7.88. The van der Waals surface area contributed by atoms with Crippen LogP contribution in [-0.4, -0.2) is 65.7 Å². The fourth-order valence-electron chi connectivity index (χ4n) is 2.09. The highest BCUT2D eigenvalue weighted by Gasteiger charge is 2.28. The second-order valence-electron chi connectivity index (χ2n) is 4.53. The van der Waals surface area contributed by atoms with Crippen LogP contribution in [-0.2, 0) is 17.1 Å². The third-order valence-electron chi connectivity index (χ3n) is 3.16. The normalized spacial score (nSPS) is 17.7. The molecule has 8 nitrogen and oxygen atoms in total. The molecule has 0 aliphatic carbocycles. The first kappa shape index (κ1) is 13.8. The van der Waals surface area contributed by atoms with Gasteiger partial charge in [0.25, 0.3) is 5.91 Å². The molecule has 1 saturated heterocycles. The molecule has 0 atom stereocenters. The second kappa shape index (κ2) is 4.82. The number of nitrogens with two attached hydrogens (primary N) is 1. The van der Waals surface area contributed by atoms with Crippen LogP contribution < -0.4 is 5.73 Å². The van der Waals surface area contributed by atoms with E-state index in [1.54, 1.807) is 11.9 Å². The Morgan fingerprint density at radius 1 is 1.32 bits per heavy atom. The fourth-order valence-corrected chi connectivity index (χ4v) is 2.92. The second-order valence-corrected chi connectivity index (χ2v) is 6.51. The van der Waals surface area contributed by atoms with Crippen molar-refractivity contribution in [2.75, 3.05) is 38.2 Å². The molecule has 19 heavy (non-hydrogen) atoms. The van der Waals surface area contributed by atoms with E-state index in [9.17, 15) is 13.2 Å². The predicted octanol–water partition coefficient (Wildman–Crippen LogP) is -1.28. The first-order valence-electron chi connectivity index (χ1n) is 5.82. The third kappa shape index (κ3) is 2.71. The summed E-state index contributed by atoms with van der Waals surface area (Å²) in [5.41, 5.74) is 6.38. The van der Waals surface area contributed by atoms with Crippen LogP contribution in [0.1, 0.15) is 10.5 Å². The lowest BCUT2D eigenvalue weighted by atomic mass is 10.3. The molecule has 1 fully saturated rings. The summed E-state index contributed by atoms with van der Waals surface area (Å²) in [5, 5.41) is 3.92. The lowest BCUT2D eigenvalue weighted by Crippen LogP contribution is -2.50. The number of hydrogen-bond donors (Lipinski definition) is 1. The molecule has 0 bridgehead atoms. The van der Waals surface area contributed by atoms with E-state index >= 15 is 0 Å². The zero-order chi connectivity index (χ0) is 14.2. The van der Waals surface area contributed by atoms with Crippen molar-refractivity contribution in [3.8, 4) is 0 Å². The maximum absolute atomic E-state index is 12.3. The van der Waals surface area contributed by atoms with E-state index < -0.39 is 10.0 Å². The van der Waals surface area contributed by atoms with Crippen LogP contribution in [0.4, 0.5) is 5.69 Å². The summed E-state index contributed by atoms with van der Waals surface area (Å²) in [5.74, 6) is -0.217. The minimum absolute atomic E-state index is 0.217. The molecule has 0 unspecified atom stereocenters. The van der Waals surface area contributed by atoms with E-state index in [0.29, 0.717) is 37.6 Å². The zero-order valence-electron chi connectivity index (χ0n) is 10.9. The molecule has 2 rings (SSSR count). The highest BCUT2D eigenvalue weighted by atomic mass is 32.2. The summed E-state index contributed by atoms with van der Waals surface area (Å²) < 4.78 is 25.6. The number of nitrogen functional groups attached to an aromatic ring is 1. The number of carbonyl (C=O) groups excluding carboxylic acids is 1. The summed E-state index contributed by atoms with van der Waals surface area (Å²) in [7, 11) is -1.54. The Morgan fingerprint density at radius 3 is 2.32 bits per heavy atom. The maximum atomic E-state index is 12.3. The molecule has 1 aliphatic rings. The Labute approximate surface area is 111 Å². The van der Waals surface area contributed by atoms with Crippen molar-refractivity contribution in [1.29, 1.82) is 0 Å². The lowest BCUT2D eigenvalue weighted by Gasteiger charge is -2.33. The van der Waals surface area contributed by atoms with Crippen molar-refractivity contribution >= 4 is 21.6 Å². The Kier molecular flexibility index (Phi) is 3.50. The van der Waals surface area contributed by atoms with Gasteiger partial charge in [0.1, 0.15) is 5.69 Å². The molecule has 1 amide bonds. The average Bonchev–Trinajstić information content (AvgIpc) is 2.67. The molecule has 106 valence electrons. The van der Waals surface area contributed by atoms with Crippen LogP contribution in [0.25, 0.3) is 0 Å². The van der Waals surface area contributed by atoms with E-state index in [0.717, 1.165) is 0 Å². The summed E-state index contributed by atoms with van der Waals surface area (Å²) in [6, 6.07) is 0. The summed E-state index contributed by atoms with van der Waals surface area (Å²) in [6.07, 6.45) is 2.60. The number of aromatic nitrogens is 2. The Balaban J connectivity index is 2.09. The van der Waals surface area contributed by atoms with Gasteiger partial charge in [-0.2, -0.15) is 9.40 Å². The van der Waals surface area contributed by atoms with Crippen molar-refractivity contribution in [1.82, 2.24) is 19.0 Å². The number of amides is 1. The van der Waals surface area contributed by atoms with Crippen molar-refractivity contribution in [3.05, 3.63) is 11.9 Å². The van der Waals surface area contributed by atoms with E-state index in [2.05, 4.69) is 5.10 Å². The Morgan fingerprint density at radius 2 is 1.89 bits per heavy atom. The number of hydrogen-bond acceptors (Lipinski definition) is 5. The molecule has 1 aromatic rings. The number of aryl methyl sites for hydroxylation is 1. The topological polar surface area (TPSA) is 102 Å². The molecule has 2 heterocycles. The smallest absolute Gasteiger partial charge is 0.274 e. The number of anilines is 1. The first-order chi connectivity index (χ1) is 8.80. The third-order valence-corrected chi connectivity index (χ3v) is 4.47. The minimum atomic E-state index is -3.19. The predicted molar refractivity (Wildman–Crippen MR) is 69.9 cm³/mol. The fraction of sp³-hybridized carbons (Fsp3) is 0.600. The summed E-state index contributed by atoms with van der Waals surface area (Å²) in [4.78, 5) is 13.9. The van der Waals surface area contributed by atoms with E-state index in [4.69, 9.17) is 5.73 Å². The maximum Gasteiger partial charge on any atom is 0.274 e. The van der Waals surface area contributed by atoms with Gasteiger partial charge in [-0.25, -0.2) is 8.42 Å². The first-order valence-corrected chi connectivity index (χ1v) is 7.67. The molecule has 0 spiro atoms. The minimum Gasteiger partial charge on any atom is -0.396 e. The van der Waals surface area contributed by atoms with E-state index in [1.807, 2.05) is 0 Å². The number of piperazine rings is 1.